The molecule has 2 aliphatic heterocycles. The predicted molar refractivity (Wildman–Crippen MR) is 165 cm³/mol. The van der Waals surface area contributed by atoms with Gasteiger partial charge in [0.1, 0.15) is 0 Å². The second-order valence-electron chi connectivity index (χ2n) is 12.0. The van der Waals surface area contributed by atoms with Crippen molar-refractivity contribution in [3.8, 4) is 5.69 Å². The Morgan fingerprint density at radius 2 is 1.77 bits per heavy atom. The molecule has 0 atom stereocenters. The number of piperazine rings is 1. The summed E-state index contributed by atoms with van der Waals surface area (Å²) < 4.78 is 21.4. The summed E-state index contributed by atoms with van der Waals surface area (Å²) in [5.74, 6) is -1.71. The summed E-state index contributed by atoms with van der Waals surface area (Å²) >= 11 is 6.35. The zero-order valence-corrected chi connectivity index (χ0v) is 25.7. The van der Waals surface area contributed by atoms with Crippen LogP contribution >= 0.6 is 11.6 Å². The molecule has 1 aromatic heterocycles. The van der Waals surface area contributed by atoms with Crippen molar-refractivity contribution < 1.29 is 18.7 Å². The van der Waals surface area contributed by atoms with Gasteiger partial charge in [-0.05, 0) is 71.2 Å². The molecule has 2 fully saturated rings. The van der Waals surface area contributed by atoms with Gasteiger partial charge in [0.25, 0.3) is 5.91 Å². The molecule has 0 aliphatic carbocycles. The fourth-order valence-electron chi connectivity index (χ4n) is 5.34. The molecule has 0 radical (unpaired) electrons. The molecule has 13 heteroatoms. The van der Waals surface area contributed by atoms with Gasteiger partial charge < -0.3 is 30.5 Å². The number of nitrogen functional groups attached to an aromatic ring is 1. The van der Waals surface area contributed by atoms with E-state index < -0.39 is 17.7 Å². The van der Waals surface area contributed by atoms with Crippen LogP contribution in [-0.4, -0.2) is 96.6 Å². The molecule has 0 saturated carbocycles. The number of piperidine rings is 1. The van der Waals surface area contributed by atoms with Crippen LogP contribution in [0, 0.1) is 18.2 Å². The number of halogens is 2. The number of ether oxygens (including phenoxy) is 1. The Morgan fingerprint density at radius 1 is 1.09 bits per heavy atom. The molecule has 2 aromatic carbocycles. The lowest BCUT2D eigenvalue weighted by atomic mass is 9.81. The predicted octanol–water partition coefficient (Wildman–Crippen LogP) is 3.84. The molecular weight excluding hydrogens is 575 g/mol. The van der Waals surface area contributed by atoms with Crippen LogP contribution < -0.4 is 16.0 Å². The van der Waals surface area contributed by atoms with Crippen LogP contribution in [0.25, 0.3) is 5.69 Å². The van der Waals surface area contributed by atoms with Gasteiger partial charge in [0.15, 0.2) is 11.5 Å². The fraction of sp³-hybridized carbons (Fsp3) is 0.467. The number of rotatable bonds is 7. The summed E-state index contributed by atoms with van der Waals surface area (Å²) in [5.41, 5.74) is 7.71. The van der Waals surface area contributed by atoms with E-state index in [1.54, 1.807) is 6.07 Å². The van der Waals surface area contributed by atoms with E-state index in [4.69, 9.17) is 22.1 Å². The molecule has 0 unspecified atom stereocenters. The van der Waals surface area contributed by atoms with Crippen molar-refractivity contribution >= 4 is 40.5 Å². The van der Waals surface area contributed by atoms with Crippen LogP contribution in [0.4, 0.5) is 21.5 Å². The third-order valence-corrected chi connectivity index (χ3v) is 8.97. The molecule has 3 heterocycles. The fourth-order valence-corrected chi connectivity index (χ4v) is 5.57. The molecule has 0 bridgehead atoms. The standard InChI is InChI=1S/C30H38ClFN8O3/c1-19-26(31)21(16-22(33)27(19)32)28(41)34-23-15-20(5-6-25(23)39-13-11-38(4)12-14-39)40-17-24(35-36-40)29(42)43-18-30(2)7-9-37(3)10-8-30/h5-6,15-17H,7-14,18,33H2,1-4H3,(H,34,41). The molecule has 11 nitrogen and oxygen atoms in total. The SMILES string of the molecule is Cc1c(F)c(N)cc(C(=O)Nc2cc(-n3cc(C(=O)OCC4(C)CCN(C)CC4)nn3)ccc2N2CCN(C)CC2)c1Cl. The van der Waals surface area contributed by atoms with Gasteiger partial charge in [-0.2, -0.15) is 0 Å². The Kier molecular flexibility index (Phi) is 8.91. The van der Waals surface area contributed by atoms with Gasteiger partial charge in [0.2, 0.25) is 0 Å². The Balaban J connectivity index is 1.38. The molecule has 0 spiro atoms. The van der Waals surface area contributed by atoms with Crippen molar-refractivity contribution in [1.82, 2.24) is 24.8 Å². The van der Waals surface area contributed by atoms with E-state index in [0.29, 0.717) is 18.0 Å². The molecule has 3 N–H and O–H groups in total. The third kappa shape index (κ3) is 6.76. The van der Waals surface area contributed by atoms with Crippen molar-refractivity contribution in [1.29, 1.82) is 0 Å². The highest BCUT2D eigenvalue weighted by molar-refractivity contribution is 6.35. The number of hydrogen-bond donors (Lipinski definition) is 2. The average molecular weight is 613 g/mol. The smallest absolute Gasteiger partial charge is 0.360 e. The van der Waals surface area contributed by atoms with Crippen molar-refractivity contribution in [3.05, 3.63) is 58.1 Å². The minimum absolute atomic E-state index is 0.00459. The summed E-state index contributed by atoms with van der Waals surface area (Å²) in [5, 5.41) is 11.1. The first-order chi connectivity index (χ1) is 20.4. The summed E-state index contributed by atoms with van der Waals surface area (Å²) in [6.45, 7) is 9.10. The van der Waals surface area contributed by atoms with Crippen LogP contribution in [-0.2, 0) is 4.74 Å². The molecule has 43 heavy (non-hydrogen) atoms. The first-order valence-corrected chi connectivity index (χ1v) is 14.7. The van der Waals surface area contributed by atoms with Crippen LogP contribution in [0.1, 0.15) is 46.2 Å². The van der Waals surface area contributed by atoms with E-state index >= 15 is 0 Å². The maximum atomic E-state index is 14.3. The number of esters is 1. The summed E-state index contributed by atoms with van der Waals surface area (Å²) in [6.07, 6.45) is 3.41. The van der Waals surface area contributed by atoms with Gasteiger partial charge >= 0.3 is 5.97 Å². The number of hydrogen-bond acceptors (Lipinski definition) is 9. The van der Waals surface area contributed by atoms with Crippen LogP contribution in [0.5, 0.6) is 0 Å². The van der Waals surface area contributed by atoms with Crippen LogP contribution in [0.3, 0.4) is 0 Å². The van der Waals surface area contributed by atoms with Gasteiger partial charge in [-0.3, -0.25) is 4.79 Å². The lowest BCUT2D eigenvalue weighted by molar-refractivity contribution is 0.0150. The molecule has 230 valence electrons. The van der Waals surface area contributed by atoms with Crippen molar-refractivity contribution in [2.24, 2.45) is 5.41 Å². The Labute approximate surface area is 255 Å². The number of carbonyl (C=O) groups is 2. The van der Waals surface area contributed by atoms with Crippen molar-refractivity contribution in [2.45, 2.75) is 26.7 Å². The van der Waals surface area contributed by atoms with Gasteiger partial charge in [0, 0.05) is 37.2 Å². The van der Waals surface area contributed by atoms with E-state index in [-0.39, 0.29) is 32.9 Å². The van der Waals surface area contributed by atoms with Crippen LogP contribution in [0.15, 0.2) is 30.5 Å². The molecule has 5 rings (SSSR count). The second-order valence-corrected chi connectivity index (χ2v) is 12.3. The number of nitrogens with zero attached hydrogens (tertiary/aromatic N) is 6. The van der Waals surface area contributed by atoms with Gasteiger partial charge in [-0.25, -0.2) is 13.9 Å². The van der Waals surface area contributed by atoms with E-state index in [9.17, 15) is 14.0 Å². The topological polar surface area (TPSA) is 122 Å². The van der Waals surface area contributed by atoms with Gasteiger partial charge in [-0.1, -0.05) is 23.7 Å². The zero-order chi connectivity index (χ0) is 30.9. The molecule has 2 saturated heterocycles. The molecule has 3 aromatic rings. The average Bonchev–Trinajstić information content (AvgIpc) is 3.49. The summed E-state index contributed by atoms with van der Waals surface area (Å²) in [4.78, 5) is 32.9. The zero-order valence-electron chi connectivity index (χ0n) is 25.0. The quantitative estimate of drug-likeness (QED) is 0.303. The normalized spacial score (nSPS) is 17.6. The van der Waals surface area contributed by atoms with E-state index in [1.165, 1.54) is 23.9 Å². The Hall–Kier alpha value is -3.74. The van der Waals surface area contributed by atoms with Crippen molar-refractivity contribution in [3.63, 3.8) is 0 Å². The number of carbonyl (C=O) groups excluding carboxylic acids is 2. The number of aromatic nitrogens is 3. The molecular formula is C30H38ClFN8O3. The van der Waals surface area contributed by atoms with Gasteiger partial charge in [0.05, 0.1) is 46.1 Å². The summed E-state index contributed by atoms with van der Waals surface area (Å²) in [6, 6.07) is 6.73. The number of amides is 1. The monoisotopic (exact) mass is 612 g/mol. The maximum Gasteiger partial charge on any atom is 0.360 e. The number of nitrogens with two attached hydrogens (primary N) is 1. The first-order valence-electron chi connectivity index (χ1n) is 14.4. The Morgan fingerprint density at radius 3 is 2.47 bits per heavy atom. The molecule has 1 amide bonds. The van der Waals surface area contributed by atoms with E-state index in [1.807, 2.05) is 12.1 Å². The van der Waals surface area contributed by atoms with E-state index in [0.717, 1.165) is 57.8 Å². The number of nitrogens with one attached hydrogen (secondary N) is 1. The third-order valence-electron chi connectivity index (χ3n) is 8.48. The lowest BCUT2D eigenvalue weighted by Crippen LogP contribution is -2.44. The van der Waals surface area contributed by atoms with E-state index in [2.05, 4.69) is 51.3 Å². The highest BCUT2D eigenvalue weighted by Crippen LogP contribution is 2.33. The van der Waals surface area contributed by atoms with Gasteiger partial charge in [-0.15, -0.1) is 5.10 Å². The number of benzene rings is 2. The first kappa shape index (κ1) is 30.7. The Bertz CT molecular complexity index is 1510. The second kappa shape index (κ2) is 12.5. The highest BCUT2D eigenvalue weighted by Gasteiger charge is 2.31. The minimum atomic E-state index is -0.650. The number of likely N-dealkylation sites (N-methyl/N-ethyl adjacent to an activating group) is 1. The van der Waals surface area contributed by atoms with Crippen molar-refractivity contribution in [2.75, 3.05) is 75.9 Å². The summed E-state index contributed by atoms with van der Waals surface area (Å²) in [7, 11) is 4.15. The highest BCUT2D eigenvalue weighted by atomic mass is 35.5. The minimum Gasteiger partial charge on any atom is -0.460 e. The number of anilines is 3. The molecule has 2 aliphatic rings. The maximum absolute atomic E-state index is 14.3. The van der Waals surface area contributed by atoms with Crippen LogP contribution in [0.2, 0.25) is 5.02 Å². The largest absolute Gasteiger partial charge is 0.460 e. The number of likely N-dealkylation sites (tertiary alicyclic amines) is 1. The lowest BCUT2D eigenvalue weighted by Gasteiger charge is -2.37.